The van der Waals surface area contributed by atoms with E-state index >= 15 is 0 Å². The minimum absolute atomic E-state index is 0.170. The number of phenols is 1. The van der Waals surface area contributed by atoms with Gasteiger partial charge < -0.3 is 31.3 Å². The predicted octanol–water partition coefficient (Wildman–Crippen LogP) is -0.371. The van der Waals surface area contributed by atoms with E-state index < -0.39 is 75.0 Å². The molecule has 0 aromatic heterocycles. The molecular weight excluding hydrogens is 420 g/mol. The largest absolute Gasteiger partial charge is 0.508 e. The molecule has 0 radical (unpaired) electrons. The quantitative estimate of drug-likeness (QED) is 0.332. The number of aliphatic hydroxyl groups excluding tert-OH is 2. The number of nitrogens with two attached hydrogens (primary N) is 1. The van der Waals surface area contributed by atoms with Crippen LogP contribution in [-0.4, -0.2) is 73.6 Å². The van der Waals surface area contributed by atoms with E-state index in [2.05, 4.69) is 0 Å². The number of fused-ring (bicyclic) bond motifs is 3. The molecule has 10 heteroatoms. The number of phenolic OH excluding ortho intramolecular Hbond substituents is 1. The first-order chi connectivity index (χ1) is 14.8. The van der Waals surface area contributed by atoms with Crippen LogP contribution in [0.4, 0.5) is 0 Å². The minimum atomic E-state index is -2.75. The molecule has 3 unspecified atom stereocenters. The van der Waals surface area contributed by atoms with Crippen LogP contribution < -0.4 is 5.73 Å². The molecule has 170 valence electrons. The zero-order valence-electron chi connectivity index (χ0n) is 17.7. The molecule has 7 N–H and O–H groups in total. The Kier molecular flexibility index (Phi) is 4.57. The highest BCUT2D eigenvalue weighted by atomic mass is 16.3. The number of Topliss-reactive ketones (excluding diaryl/α,β-unsaturated/α-hetero) is 2. The fraction of sp³-hybridized carbons (Fsp3) is 0.409. The standard InChI is InChI=1S/C22H24N2O8/c1-21(31)8-5-4-6-11(25)12(8)16(26)13-9(21)7-10-15(24(2)3)17(27)14(20(23)30)19(29)22(10,32)18(13)28/h4-6,9-10,15,25-26,29,31-32H,7H2,1-3H3,(H2,23,30)/t9?,10?,15?,21-,22+/m1/s1. The van der Waals surface area contributed by atoms with Crippen LogP contribution in [0.5, 0.6) is 5.75 Å². The van der Waals surface area contributed by atoms with Crippen molar-refractivity contribution in [2.24, 2.45) is 17.6 Å². The lowest BCUT2D eigenvalue weighted by molar-refractivity contribution is -0.159. The van der Waals surface area contributed by atoms with Gasteiger partial charge in [0.2, 0.25) is 5.78 Å². The number of carbonyl (C=O) groups excluding carboxylic acids is 3. The lowest BCUT2D eigenvalue weighted by atomic mass is 9.54. The maximum atomic E-state index is 13.7. The number of aliphatic hydroxyl groups is 4. The Bertz CT molecular complexity index is 1150. The van der Waals surface area contributed by atoms with Crippen molar-refractivity contribution in [1.29, 1.82) is 0 Å². The van der Waals surface area contributed by atoms with E-state index in [4.69, 9.17) is 5.73 Å². The molecule has 0 aliphatic heterocycles. The zero-order valence-corrected chi connectivity index (χ0v) is 17.7. The molecule has 0 heterocycles. The molecule has 1 amide bonds. The number of hydrogen-bond donors (Lipinski definition) is 6. The van der Waals surface area contributed by atoms with Gasteiger partial charge in [-0.3, -0.25) is 19.3 Å². The average molecular weight is 444 g/mol. The maximum absolute atomic E-state index is 13.7. The van der Waals surface area contributed by atoms with Gasteiger partial charge in [0.1, 0.15) is 22.8 Å². The summed E-state index contributed by atoms with van der Waals surface area (Å²) in [7, 11) is 3.01. The highest BCUT2D eigenvalue weighted by Gasteiger charge is 2.66. The third kappa shape index (κ3) is 2.48. The fourth-order valence-electron chi connectivity index (χ4n) is 5.50. The molecule has 1 fully saturated rings. The van der Waals surface area contributed by atoms with Gasteiger partial charge in [-0.25, -0.2) is 0 Å². The van der Waals surface area contributed by atoms with Gasteiger partial charge in [0.05, 0.1) is 17.2 Å². The van der Waals surface area contributed by atoms with Gasteiger partial charge in [-0.2, -0.15) is 0 Å². The van der Waals surface area contributed by atoms with Crippen molar-refractivity contribution < 1.29 is 39.9 Å². The van der Waals surface area contributed by atoms with Crippen LogP contribution in [0.15, 0.2) is 35.1 Å². The Balaban J connectivity index is 2.05. The summed E-state index contributed by atoms with van der Waals surface area (Å²) in [5.74, 6) is -7.90. The number of amides is 1. The third-order valence-corrected chi connectivity index (χ3v) is 7.02. The summed E-state index contributed by atoms with van der Waals surface area (Å²) in [4.78, 5) is 40.0. The van der Waals surface area contributed by atoms with E-state index in [0.717, 1.165) is 0 Å². The van der Waals surface area contributed by atoms with Crippen molar-refractivity contribution in [2.75, 3.05) is 14.1 Å². The molecule has 1 saturated carbocycles. The molecule has 1 aromatic rings. The number of hydrogen-bond acceptors (Lipinski definition) is 9. The Hall–Kier alpha value is -3.21. The number of nitrogens with zero attached hydrogens (tertiary/aromatic N) is 1. The summed E-state index contributed by atoms with van der Waals surface area (Å²) < 4.78 is 0. The summed E-state index contributed by atoms with van der Waals surface area (Å²) in [6.07, 6.45) is -0.200. The highest BCUT2D eigenvalue weighted by Crippen LogP contribution is 2.57. The van der Waals surface area contributed by atoms with E-state index in [1.54, 1.807) is 0 Å². The highest BCUT2D eigenvalue weighted by molar-refractivity contribution is 6.24. The van der Waals surface area contributed by atoms with Crippen molar-refractivity contribution in [1.82, 2.24) is 4.90 Å². The minimum Gasteiger partial charge on any atom is -0.508 e. The van der Waals surface area contributed by atoms with Crippen molar-refractivity contribution in [3.63, 3.8) is 0 Å². The van der Waals surface area contributed by atoms with Crippen LogP contribution in [-0.2, 0) is 20.0 Å². The monoisotopic (exact) mass is 444 g/mol. The van der Waals surface area contributed by atoms with Gasteiger partial charge in [0.25, 0.3) is 5.91 Å². The topological polar surface area (TPSA) is 182 Å². The second kappa shape index (κ2) is 6.64. The summed E-state index contributed by atoms with van der Waals surface area (Å²) in [6.45, 7) is 1.40. The predicted molar refractivity (Wildman–Crippen MR) is 110 cm³/mol. The van der Waals surface area contributed by atoms with Crippen molar-refractivity contribution in [2.45, 2.75) is 30.6 Å². The molecule has 0 spiro atoms. The third-order valence-electron chi connectivity index (χ3n) is 7.02. The normalized spacial score (nSPS) is 34.4. The number of ketones is 2. The SMILES string of the molecule is CN(C)C1C(=O)C(C(N)=O)=C(O)[C@@]2(O)C(=O)C3=C(O)c4c(O)cccc4[C@@](C)(O)C3CC12. The second-order valence-corrected chi connectivity index (χ2v) is 8.96. The first-order valence-corrected chi connectivity index (χ1v) is 9.97. The number of benzene rings is 1. The van der Waals surface area contributed by atoms with Gasteiger partial charge in [-0.1, -0.05) is 12.1 Å². The Morgan fingerprint density at radius 2 is 1.78 bits per heavy atom. The van der Waals surface area contributed by atoms with Crippen LogP contribution in [0.2, 0.25) is 0 Å². The van der Waals surface area contributed by atoms with Crippen LogP contribution in [0.1, 0.15) is 24.5 Å². The van der Waals surface area contributed by atoms with Crippen molar-refractivity contribution >= 4 is 23.2 Å². The van der Waals surface area contributed by atoms with Gasteiger partial charge >= 0.3 is 0 Å². The summed E-state index contributed by atoms with van der Waals surface area (Å²) in [6, 6.07) is 3.02. The van der Waals surface area contributed by atoms with Crippen LogP contribution in [0.3, 0.4) is 0 Å². The fourth-order valence-corrected chi connectivity index (χ4v) is 5.50. The van der Waals surface area contributed by atoms with Gasteiger partial charge in [0, 0.05) is 17.4 Å². The molecular formula is C22H24N2O8. The van der Waals surface area contributed by atoms with E-state index in [1.807, 2.05) is 0 Å². The van der Waals surface area contributed by atoms with Crippen molar-refractivity contribution in [3.05, 3.63) is 46.2 Å². The molecule has 3 aliphatic rings. The molecule has 4 rings (SSSR count). The van der Waals surface area contributed by atoms with Crippen LogP contribution in [0.25, 0.3) is 5.76 Å². The van der Waals surface area contributed by atoms with Gasteiger partial charge in [0.15, 0.2) is 11.4 Å². The lowest BCUT2D eigenvalue weighted by Gasteiger charge is -2.53. The zero-order chi connectivity index (χ0) is 23.9. The summed E-state index contributed by atoms with van der Waals surface area (Å²) in [5.41, 5.74) is -0.548. The van der Waals surface area contributed by atoms with Crippen LogP contribution in [0, 0.1) is 11.8 Å². The van der Waals surface area contributed by atoms with Gasteiger partial charge in [-0.15, -0.1) is 0 Å². The summed E-state index contributed by atoms with van der Waals surface area (Å²) >= 11 is 0. The molecule has 0 saturated heterocycles. The molecule has 0 bridgehead atoms. The summed E-state index contributed by atoms with van der Waals surface area (Å²) in [5, 5.41) is 54.9. The average Bonchev–Trinajstić information content (AvgIpc) is 2.68. The number of carbonyl (C=O) groups is 3. The van der Waals surface area contributed by atoms with E-state index in [9.17, 15) is 39.9 Å². The molecule has 10 nitrogen and oxygen atoms in total. The number of rotatable bonds is 2. The smallest absolute Gasteiger partial charge is 0.255 e. The first-order valence-electron chi connectivity index (χ1n) is 9.97. The number of aromatic hydroxyl groups is 1. The Morgan fingerprint density at radius 1 is 1.16 bits per heavy atom. The van der Waals surface area contributed by atoms with Gasteiger partial charge in [-0.05, 0) is 39.1 Å². The molecule has 32 heavy (non-hydrogen) atoms. The van der Waals surface area contributed by atoms with Crippen LogP contribution >= 0.6 is 0 Å². The van der Waals surface area contributed by atoms with E-state index in [-0.39, 0.29) is 17.5 Å². The molecule has 1 aromatic carbocycles. The number of likely N-dealkylation sites (N-methyl/N-ethyl adjacent to an activating group) is 1. The Labute approximate surface area is 182 Å². The Morgan fingerprint density at radius 3 is 2.34 bits per heavy atom. The maximum Gasteiger partial charge on any atom is 0.255 e. The van der Waals surface area contributed by atoms with E-state index in [0.29, 0.717) is 0 Å². The second-order valence-electron chi connectivity index (χ2n) is 8.96. The lowest BCUT2D eigenvalue weighted by Crippen LogP contribution is -2.67. The first kappa shape index (κ1) is 22.0. The molecule has 5 atom stereocenters. The number of primary amides is 1. The van der Waals surface area contributed by atoms with Crippen molar-refractivity contribution in [3.8, 4) is 5.75 Å². The van der Waals surface area contributed by atoms with E-state index in [1.165, 1.54) is 44.1 Å². The molecule has 3 aliphatic carbocycles.